The maximum absolute atomic E-state index is 5.67. The van der Waals surface area contributed by atoms with Crippen LogP contribution < -0.4 is 5.32 Å². The zero-order chi connectivity index (χ0) is 12.7. The highest BCUT2D eigenvalue weighted by Crippen LogP contribution is 2.34. The van der Waals surface area contributed by atoms with E-state index in [9.17, 15) is 0 Å². The first-order valence-corrected chi connectivity index (χ1v) is 7.52. The number of nitrogens with one attached hydrogen (secondary N) is 1. The highest BCUT2D eigenvalue weighted by atomic mass is 16.5. The summed E-state index contributed by atoms with van der Waals surface area (Å²) in [6.07, 6.45) is 8.47. The SMILES string of the molecule is CCNC(C1CCCC(CC)C1)C(CC)OC. The fraction of sp³-hybridized carbons (Fsp3) is 1.00. The van der Waals surface area contributed by atoms with Gasteiger partial charge in [0, 0.05) is 13.2 Å². The van der Waals surface area contributed by atoms with Gasteiger partial charge >= 0.3 is 0 Å². The Kier molecular flexibility index (Phi) is 7.14. The Balaban J connectivity index is 2.61. The third-order valence-corrected chi connectivity index (χ3v) is 4.45. The summed E-state index contributed by atoms with van der Waals surface area (Å²) in [7, 11) is 1.86. The first-order chi connectivity index (χ1) is 8.26. The lowest BCUT2D eigenvalue weighted by Gasteiger charge is -2.38. The molecule has 0 radical (unpaired) electrons. The average Bonchev–Trinajstić information content (AvgIpc) is 2.39. The number of methoxy groups -OCH3 is 1. The Bertz CT molecular complexity index is 191. The third kappa shape index (κ3) is 4.26. The molecule has 1 rings (SSSR count). The van der Waals surface area contributed by atoms with E-state index in [0.717, 1.165) is 24.8 Å². The van der Waals surface area contributed by atoms with Crippen molar-refractivity contribution >= 4 is 0 Å². The standard InChI is InChI=1S/C15H31NO/c1-5-12-9-8-10-13(11-12)15(16-7-3)14(6-2)17-4/h12-16H,5-11H2,1-4H3. The highest BCUT2D eigenvalue weighted by Gasteiger charge is 2.31. The largest absolute Gasteiger partial charge is 0.380 e. The molecule has 0 aliphatic heterocycles. The molecule has 0 amide bonds. The molecule has 0 aromatic heterocycles. The van der Waals surface area contributed by atoms with Crippen LogP contribution in [0.1, 0.15) is 59.3 Å². The van der Waals surface area contributed by atoms with Crippen molar-refractivity contribution in [3.05, 3.63) is 0 Å². The zero-order valence-corrected chi connectivity index (χ0v) is 12.2. The van der Waals surface area contributed by atoms with Crippen LogP contribution in [0.3, 0.4) is 0 Å². The Hall–Kier alpha value is -0.0800. The van der Waals surface area contributed by atoms with Crippen LogP contribution in [0.4, 0.5) is 0 Å². The van der Waals surface area contributed by atoms with Gasteiger partial charge < -0.3 is 10.1 Å². The Morgan fingerprint density at radius 2 is 2.00 bits per heavy atom. The van der Waals surface area contributed by atoms with Gasteiger partial charge in [0.05, 0.1) is 6.10 Å². The first kappa shape index (κ1) is 15.0. The molecule has 1 N–H and O–H groups in total. The van der Waals surface area contributed by atoms with Crippen LogP contribution in [0.2, 0.25) is 0 Å². The van der Waals surface area contributed by atoms with Crippen molar-refractivity contribution in [2.75, 3.05) is 13.7 Å². The maximum atomic E-state index is 5.67. The maximum Gasteiger partial charge on any atom is 0.0724 e. The summed E-state index contributed by atoms with van der Waals surface area (Å²) in [4.78, 5) is 0. The van der Waals surface area contributed by atoms with Crippen LogP contribution in [-0.4, -0.2) is 25.8 Å². The van der Waals surface area contributed by atoms with Crippen LogP contribution >= 0.6 is 0 Å². The molecule has 0 spiro atoms. The highest BCUT2D eigenvalue weighted by molar-refractivity contribution is 4.87. The van der Waals surface area contributed by atoms with Crippen LogP contribution in [0.15, 0.2) is 0 Å². The molecule has 1 fully saturated rings. The van der Waals surface area contributed by atoms with Gasteiger partial charge in [-0.2, -0.15) is 0 Å². The second-order valence-electron chi connectivity index (χ2n) is 5.47. The third-order valence-electron chi connectivity index (χ3n) is 4.45. The van der Waals surface area contributed by atoms with E-state index in [2.05, 4.69) is 26.1 Å². The van der Waals surface area contributed by atoms with Gasteiger partial charge in [-0.15, -0.1) is 0 Å². The number of rotatable bonds is 7. The summed E-state index contributed by atoms with van der Waals surface area (Å²) in [5.74, 6) is 1.77. The lowest BCUT2D eigenvalue weighted by Crippen LogP contribution is -2.47. The Labute approximate surface area is 108 Å². The monoisotopic (exact) mass is 241 g/mol. The van der Waals surface area contributed by atoms with Crippen LogP contribution in [0, 0.1) is 11.8 Å². The van der Waals surface area contributed by atoms with Crippen molar-refractivity contribution in [1.29, 1.82) is 0 Å². The van der Waals surface area contributed by atoms with Crippen molar-refractivity contribution in [2.45, 2.75) is 71.4 Å². The second kappa shape index (κ2) is 8.10. The molecule has 1 aliphatic carbocycles. The fourth-order valence-electron chi connectivity index (χ4n) is 3.43. The van der Waals surface area contributed by atoms with E-state index in [0.29, 0.717) is 12.1 Å². The van der Waals surface area contributed by atoms with Crippen LogP contribution in [0.25, 0.3) is 0 Å². The number of hydrogen-bond acceptors (Lipinski definition) is 2. The first-order valence-electron chi connectivity index (χ1n) is 7.52. The number of hydrogen-bond donors (Lipinski definition) is 1. The van der Waals surface area contributed by atoms with Crippen molar-refractivity contribution in [2.24, 2.45) is 11.8 Å². The minimum atomic E-state index is 0.385. The topological polar surface area (TPSA) is 21.3 Å². The minimum absolute atomic E-state index is 0.385. The summed E-state index contributed by atoms with van der Waals surface area (Å²) in [6, 6.07) is 0.560. The van der Waals surface area contributed by atoms with Gasteiger partial charge in [0.2, 0.25) is 0 Å². The molecule has 0 heterocycles. The molecule has 0 saturated heterocycles. The van der Waals surface area contributed by atoms with E-state index < -0.39 is 0 Å². The molecule has 2 nitrogen and oxygen atoms in total. The molecule has 4 unspecified atom stereocenters. The van der Waals surface area contributed by atoms with E-state index in [-0.39, 0.29) is 0 Å². The molecular weight excluding hydrogens is 210 g/mol. The van der Waals surface area contributed by atoms with E-state index in [1.807, 2.05) is 7.11 Å². The molecule has 17 heavy (non-hydrogen) atoms. The molecular formula is C15H31NO. The van der Waals surface area contributed by atoms with Gasteiger partial charge in [0.1, 0.15) is 0 Å². The minimum Gasteiger partial charge on any atom is -0.380 e. The van der Waals surface area contributed by atoms with Crippen molar-refractivity contribution in [3.63, 3.8) is 0 Å². The molecule has 102 valence electrons. The molecule has 0 bridgehead atoms. The molecule has 0 aromatic carbocycles. The Morgan fingerprint density at radius 1 is 1.24 bits per heavy atom. The van der Waals surface area contributed by atoms with Gasteiger partial charge in [0.25, 0.3) is 0 Å². The van der Waals surface area contributed by atoms with Gasteiger partial charge in [0.15, 0.2) is 0 Å². The predicted octanol–water partition coefficient (Wildman–Crippen LogP) is 3.61. The second-order valence-corrected chi connectivity index (χ2v) is 5.47. The zero-order valence-electron chi connectivity index (χ0n) is 12.2. The summed E-state index contributed by atoms with van der Waals surface area (Å²) in [5, 5.41) is 3.67. The van der Waals surface area contributed by atoms with Gasteiger partial charge in [-0.25, -0.2) is 0 Å². The van der Waals surface area contributed by atoms with E-state index in [4.69, 9.17) is 4.74 Å². The lowest BCUT2D eigenvalue weighted by molar-refractivity contribution is 0.0316. The molecule has 2 heteroatoms. The number of likely N-dealkylation sites (N-methyl/N-ethyl adjacent to an activating group) is 1. The molecule has 0 aromatic rings. The van der Waals surface area contributed by atoms with Crippen LogP contribution in [-0.2, 0) is 4.74 Å². The van der Waals surface area contributed by atoms with E-state index in [1.165, 1.54) is 32.1 Å². The average molecular weight is 241 g/mol. The van der Waals surface area contributed by atoms with Gasteiger partial charge in [-0.05, 0) is 37.6 Å². The smallest absolute Gasteiger partial charge is 0.0724 e. The summed E-state index contributed by atoms with van der Waals surface area (Å²) < 4.78 is 5.67. The molecule has 1 saturated carbocycles. The number of ether oxygens (including phenoxy) is 1. The molecule has 4 atom stereocenters. The summed E-state index contributed by atoms with van der Waals surface area (Å²) in [6.45, 7) is 7.83. The van der Waals surface area contributed by atoms with E-state index >= 15 is 0 Å². The van der Waals surface area contributed by atoms with Gasteiger partial charge in [-0.1, -0.05) is 40.0 Å². The Morgan fingerprint density at radius 3 is 2.53 bits per heavy atom. The normalized spacial score (nSPS) is 28.9. The molecule has 1 aliphatic rings. The van der Waals surface area contributed by atoms with E-state index in [1.54, 1.807) is 0 Å². The van der Waals surface area contributed by atoms with Crippen molar-refractivity contribution in [3.8, 4) is 0 Å². The fourth-order valence-corrected chi connectivity index (χ4v) is 3.43. The predicted molar refractivity (Wildman–Crippen MR) is 74.3 cm³/mol. The summed E-state index contributed by atoms with van der Waals surface area (Å²) >= 11 is 0. The van der Waals surface area contributed by atoms with Crippen LogP contribution in [0.5, 0.6) is 0 Å². The van der Waals surface area contributed by atoms with Crippen molar-refractivity contribution in [1.82, 2.24) is 5.32 Å². The van der Waals surface area contributed by atoms with Gasteiger partial charge in [-0.3, -0.25) is 0 Å². The quantitative estimate of drug-likeness (QED) is 0.735. The van der Waals surface area contributed by atoms with Crippen molar-refractivity contribution < 1.29 is 4.74 Å². The summed E-state index contributed by atoms with van der Waals surface area (Å²) in [5.41, 5.74) is 0. The lowest BCUT2D eigenvalue weighted by atomic mass is 9.75.